The number of nitrogens with two attached hydrogens (primary N) is 1. The molecule has 0 aromatic rings. The van der Waals surface area contributed by atoms with Crippen LogP contribution in [0.25, 0.3) is 0 Å². The number of hydrogen-bond acceptors (Lipinski definition) is 3. The molecule has 2 N–H and O–H groups in total. The van der Waals surface area contributed by atoms with E-state index in [0.29, 0.717) is 6.04 Å². The zero-order valence-electron chi connectivity index (χ0n) is 9.28. The number of rotatable bonds is 4. The Morgan fingerprint density at radius 2 is 1.92 bits per heavy atom. The van der Waals surface area contributed by atoms with Gasteiger partial charge in [0.15, 0.2) is 0 Å². The molecule has 0 heterocycles. The Balaban J connectivity index is 4.32. The standard InChI is InChI=1S/C10H21N3/c1-8(2)13(5)9(3)10(11)6-7-12-4/h6-9H,11H2,1-5H3/b10-6-,12-7?. The van der Waals surface area contributed by atoms with E-state index >= 15 is 0 Å². The van der Waals surface area contributed by atoms with Gasteiger partial charge in [-0.25, -0.2) is 0 Å². The highest BCUT2D eigenvalue weighted by Crippen LogP contribution is 2.06. The van der Waals surface area contributed by atoms with E-state index in [1.807, 2.05) is 6.08 Å². The Hall–Kier alpha value is -0.830. The Bertz CT molecular complexity index is 194. The molecule has 3 heteroatoms. The monoisotopic (exact) mass is 183 g/mol. The van der Waals surface area contributed by atoms with Crippen molar-refractivity contribution in [3.8, 4) is 0 Å². The van der Waals surface area contributed by atoms with Gasteiger partial charge >= 0.3 is 0 Å². The topological polar surface area (TPSA) is 41.6 Å². The van der Waals surface area contributed by atoms with Gasteiger partial charge in [-0.2, -0.15) is 0 Å². The van der Waals surface area contributed by atoms with Gasteiger partial charge in [0.05, 0.1) is 0 Å². The summed E-state index contributed by atoms with van der Waals surface area (Å²) in [6.07, 6.45) is 3.57. The van der Waals surface area contributed by atoms with Crippen LogP contribution in [0.4, 0.5) is 0 Å². The molecule has 0 amide bonds. The lowest BCUT2D eigenvalue weighted by Crippen LogP contribution is -2.38. The first-order valence-electron chi connectivity index (χ1n) is 4.60. The predicted octanol–water partition coefficient (Wildman–Crippen LogP) is 1.26. The molecule has 0 saturated carbocycles. The van der Waals surface area contributed by atoms with Crippen molar-refractivity contribution < 1.29 is 0 Å². The van der Waals surface area contributed by atoms with E-state index in [9.17, 15) is 0 Å². The van der Waals surface area contributed by atoms with Gasteiger partial charge in [0.2, 0.25) is 0 Å². The van der Waals surface area contributed by atoms with Crippen LogP contribution in [0.5, 0.6) is 0 Å². The lowest BCUT2D eigenvalue weighted by Gasteiger charge is -2.28. The molecule has 3 nitrogen and oxygen atoms in total. The molecule has 0 aromatic heterocycles. The van der Waals surface area contributed by atoms with Crippen LogP contribution >= 0.6 is 0 Å². The van der Waals surface area contributed by atoms with Crippen molar-refractivity contribution in [1.29, 1.82) is 0 Å². The van der Waals surface area contributed by atoms with Crippen LogP contribution in [-0.4, -0.2) is 37.3 Å². The summed E-state index contributed by atoms with van der Waals surface area (Å²) in [7, 11) is 3.81. The van der Waals surface area contributed by atoms with Gasteiger partial charge in [0.1, 0.15) is 0 Å². The molecular weight excluding hydrogens is 162 g/mol. The first-order valence-corrected chi connectivity index (χ1v) is 4.60. The molecule has 0 fully saturated rings. The molecule has 1 unspecified atom stereocenters. The molecule has 0 rings (SSSR count). The van der Waals surface area contributed by atoms with Crippen LogP contribution in [0.15, 0.2) is 16.8 Å². The van der Waals surface area contributed by atoms with E-state index in [4.69, 9.17) is 5.73 Å². The first kappa shape index (κ1) is 12.2. The number of aliphatic imine (C=N–C) groups is 1. The number of allylic oxidation sites excluding steroid dienone is 1. The maximum Gasteiger partial charge on any atom is 0.0465 e. The van der Waals surface area contributed by atoms with Crippen molar-refractivity contribution in [2.45, 2.75) is 32.9 Å². The fraction of sp³-hybridized carbons (Fsp3) is 0.700. The van der Waals surface area contributed by atoms with Crippen molar-refractivity contribution in [3.63, 3.8) is 0 Å². The fourth-order valence-corrected chi connectivity index (χ4v) is 0.982. The maximum atomic E-state index is 5.87. The molecule has 13 heavy (non-hydrogen) atoms. The van der Waals surface area contributed by atoms with Crippen LogP contribution in [0.3, 0.4) is 0 Å². The van der Waals surface area contributed by atoms with Gasteiger partial charge in [-0.1, -0.05) is 0 Å². The number of hydrogen-bond donors (Lipinski definition) is 1. The average Bonchev–Trinajstić information content (AvgIpc) is 2.11. The molecule has 0 aliphatic carbocycles. The van der Waals surface area contributed by atoms with Gasteiger partial charge in [0.25, 0.3) is 0 Å². The van der Waals surface area contributed by atoms with Crippen molar-refractivity contribution >= 4 is 6.21 Å². The van der Waals surface area contributed by atoms with Crippen LogP contribution in [0.2, 0.25) is 0 Å². The highest BCUT2D eigenvalue weighted by Gasteiger charge is 2.13. The molecule has 0 aliphatic rings. The predicted molar refractivity (Wildman–Crippen MR) is 59.0 cm³/mol. The quantitative estimate of drug-likeness (QED) is 0.667. The summed E-state index contributed by atoms with van der Waals surface area (Å²) in [5, 5.41) is 0. The Morgan fingerprint density at radius 1 is 1.38 bits per heavy atom. The zero-order valence-corrected chi connectivity index (χ0v) is 9.28. The third-order valence-electron chi connectivity index (χ3n) is 2.32. The second-order valence-corrected chi connectivity index (χ2v) is 3.51. The summed E-state index contributed by atoms with van der Waals surface area (Å²) in [6, 6.07) is 0.763. The fourth-order valence-electron chi connectivity index (χ4n) is 0.982. The SMILES string of the molecule is CN=C/C=C(\N)C(C)N(C)C(C)C. The smallest absolute Gasteiger partial charge is 0.0465 e. The summed E-state index contributed by atoms with van der Waals surface area (Å²) >= 11 is 0. The summed E-state index contributed by atoms with van der Waals surface area (Å²) in [5.41, 5.74) is 6.72. The van der Waals surface area contributed by atoms with Crippen LogP contribution in [0.1, 0.15) is 20.8 Å². The van der Waals surface area contributed by atoms with Crippen molar-refractivity contribution in [2.75, 3.05) is 14.1 Å². The summed E-state index contributed by atoms with van der Waals surface area (Å²) in [4.78, 5) is 6.08. The second kappa shape index (κ2) is 5.75. The van der Waals surface area contributed by atoms with Gasteiger partial charge < -0.3 is 5.73 Å². The average molecular weight is 183 g/mol. The van der Waals surface area contributed by atoms with Gasteiger partial charge in [-0.3, -0.25) is 9.89 Å². The summed E-state index contributed by atoms with van der Waals surface area (Å²) in [6.45, 7) is 6.39. The zero-order chi connectivity index (χ0) is 10.4. The van der Waals surface area contributed by atoms with Gasteiger partial charge in [-0.15, -0.1) is 0 Å². The molecule has 1 atom stereocenters. The van der Waals surface area contributed by atoms with E-state index in [2.05, 4.69) is 37.7 Å². The number of nitrogens with zero attached hydrogens (tertiary/aromatic N) is 2. The largest absolute Gasteiger partial charge is 0.401 e. The second-order valence-electron chi connectivity index (χ2n) is 3.51. The number of likely N-dealkylation sites (N-methyl/N-ethyl adjacent to an activating group) is 1. The van der Waals surface area contributed by atoms with Crippen LogP contribution < -0.4 is 5.73 Å². The van der Waals surface area contributed by atoms with Gasteiger partial charge in [0, 0.05) is 31.0 Å². The minimum atomic E-state index is 0.262. The Morgan fingerprint density at radius 3 is 2.31 bits per heavy atom. The molecule has 0 spiro atoms. The van der Waals surface area contributed by atoms with E-state index in [0.717, 1.165) is 5.70 Å². The third kappa shape index (κ3) is 4.08. The van der Waals surface area contributed by atoms with Gasteiger partial charge in [-0.05, 0) is 33.9 Å². The Labute approximate surface area is 81.3 Å². The molecule has 0 aromatic carbocycles. The van der Waals surface area contributed by atoms with E-state index < -0.39 is 0 Å². The third-order valence-corrected chi connectivity index (χ3v) is 2.32. The minimum Gasteiger partial charge on any atom is -0.401 e. The Kier molecular flexibility index (Phi) is 5.39. The molecule has 76 valence electrons. The van der Waals surface area contributed by atoms with Crippen molar-refractivity contribution in [2.24, 2.45) is 10.7 Å². The molecule has 0 bridgehead atoms. The highest BCUT2D eigenvalue weighted by atomic mass is 15.2. The lowest BCUT2D eigenvalue weighted by molar-refractivity contribution is 0.231. The van der Waals surface area contributed by atoms with Crippen LogP contribution in [-0.2, 0) is 0 Å². The van der Waals surface area contributed by atoms with E-state index in [1.165, 1.54) is 0 Å². The van der Waals surface area contributed by atoms with E-state index in [1.54, 1.807) is 13.3 Å². The van der Waals surface area contributed by atoms with Crippen molar-refractivity contribution in [1.82, 2.24) is 4.90 Å². The molecule has 0 saturated heterocycles. The highest BCUT2D eigenvalue weighted by molar-refractivity contribution is 5.71. The van der Waals surface area contributed by atoms with Crippen LogP contribution in [0, 0.1) is 0 Å². The first-order chi connectivity index (χ1) is 6.00. The molecule has 0 radical (unpaired) electrons. The lowest BCUT2D eigenvalue weighted by atomic mass is 10.2. The van der Waals surface area contributed by atoms with E-state index in [-0.39, 0.29) is 6.04 Å². The molecule has 0 aliphatic heterocycles. The van der Waals surface area contributed by atoms with Crippen molar-refractivity contribution in [3.05, 3.63) is 11.8 Å². The normalized spacial score (nSPS) is 16.1. The summed E-state index contributed by atoms with van der Waals surface area (Å²) < 4.78 is 0. The minimum absolute atomic E-state index is 0.262. The summed E-state index contributed by atoms with van der Waals surface area (Å²) in [5.74, 6) is 0. The maximum absolute atomic E-state index is 5.87. The molecular formula is C10H21N3.